The summed E-state index contributed by atoms with van der Waals surface area (Å²) in [6.45, 7) is 1.24. The van der Waals surface area contributed by atoms with Crippen molar-refractivity contribution in [2.24, 2.45) is 5.92 Å². The number of benzene rings is 1. The van der Waals surface area contributed by atoms with E-state index in [2.05, 4.69) is 17.0 Å². The van der Waals surface area contributed by atoms with Gasteiger partial charge in [-0.05, 0) is 37.0 Å². The molecule has 1 aromatic rings. The first-order valence-corrected chi connectivity index (χ1v) is 7.59. The molecule has 0 atom stereocenters. The second-order valence-corrected chi connectivity index (χ2v) is 6.21. The van der Waals surface area contributed by atoms with E-state index in [0.717, 1.165) is 17.5 Å². The molecule has 0 radical (unpaired) electrons. The van der Waals surface area contributed by atoms with Crippen LogP contribution in [0.4, 0.5) is 11.4 Å². The quantitative estimate of drug-likeness (QED) is 0.809. The Bertz CT molecular complexity index is 399. The number of fused-ring (bicyclic) bond motifs is 1. The second kappa shape index (κ2) is 4.81. The Morgan fingerprint density at radius 1 is 1.24 bits per heavy atom. The predicted octanol–water partition coefficient (Wildman–Crippen LogP) is 3.72. The van der Waals surface area contributed by atoms with Crippen LogP contribution in [0.25, 0.3) is 0 Å². The summed E-state index contributed by atoms with van der Waals surface area (Å²) in [5.41, 5.74) is 8.11. The van der Waals surface area contributed by atoms with Gasteiger partial charge in [-0.2, -0.15) is 0 Å². The van der Waals surface area contributed by atoms with E-state index < -0.39 is 0 Å². The minimum Gasteiger partial charge on any atom is -0.399 e. The van der Waals surface area contributed by atoms with Gasteiger partial charge in [0.2, 0.25) is 0 Å². The Hall–Kier alpha value is -0.830. The third-order valence-corrected chi connectivity index (χ3v) is 4.98. The molecule has 1 heterocycles. The van der Waals surface area contributed by atoms with E-state index >= 15 is 0 Å². The van der Waals surface area contributed by atoms with Gasteiger partial charge in [0.25, 0.3) is 0 Å². The highest BCUT2D eigenvalue weighted by Crippen LogP contribution is 2.40. The number of rotatable bonds is 2. The summed E-state index contributed by atoms with van der Waals surface area (Å²) in [4.78, 5) is 3.90. The normalized spacial score (nSPS) is 20.6. The molecule has 0 unspecified atom stereocenters. The Labute approximate surface area is 108 Å². The van der Waals surface area contributed by atoms with Crippen molar-refractivity contribution in [3.05, 3.63) is 18.2 Å². The molecule has 0 amide bonds. The lowest BCUT2D eigenvalue weighted by Gasteiger charge is -2.28. The van der Waals surface area contributed by atoms with Crippen molar-refractivity contribution < 1.29 is 0 Å². The number of nitrogens with two attached hydrogens (primary N) is 1. The van der Waals surface area contributed by atoms with Crippen LogP contribution in [-0.4, -0.2) is 12.4 Å². The Morgan fingerprint density at radius 3 is 2.88 bits per heavy atom. The summed E-state index contributed by atoms with van der Waals surface area (Å²) in [6.07, 6.45) is 7.15. The van der Waals surface area contributed by atoms with E-state index in [4.69, 9.17) is 5.73 Å². The fourth-order valence-corrected chi connectivity index (χ4v) is 4.06. The molecular formula is C14H20N2S. The van der Waals surface area contributed by atoms with Crippen molar-refractivity contribution in [2.75, 3.05) is 23.1 Å². The average Bonchev–Trinajstić information content (AvgIpc) is 2.73. The number of hydrogen-bond donors (Lipinski definition) is 1. The SMILES string of the molecule is Nc1ccc2c(c1)SCN2CC1CCCCC1. The number of nitrogens with zero attached hydrogens (tertiary/aromatic N) is 1. The molecule has 92 valence electrons. The van der Waals surface area contributed by atoms with Gasteiger partial charge in [-0.15, -0.1) is 11.8 Å². The first-order valence-electron chi connectivity index (χ1n) is 6.60. The first-order chi connectivity index (χ1) is 8.33. The smallest absolute Gasteiger partial charge is 0.0687 e. The summed E-state index contributed by atoms with van der Waals surface area (Å²) in [7, 11) is 0. The third kappa shape index (κ3) is 2.39. The van der Waals surface area contributed by atoms with Gasteiger partial charge in [0, 0.05) is 17.1 Å². The van der Waals surface area contributed by atoms with Gasteiger partial charge in [-0.25, -0.2) is 0 Å². The van der Waals surface area contributed by atoms with E-state index in [1.165, 1.54) is 49.2 Å². The van der Waals surface area contributed by atoms with Crippen LogP contribution in [0.5, 0.6) is 0 Å². The van der Waals surface area contributed by atoms with Crippen LogP contribution >= 0.6 is 11.8 Å². The zero-order valence-corrected chi connectivity index (χ0v) is 11.0. The first kappa shape index (κ1) is 11.3. The highest BCUT2D eigenvalue weighted by molar-refractivity contribution is 7.99. The molecule has 0 saturated heterocycles. The molecule has 2 nitrogen and oxygen atoms in total. The van der Waals surface area contributed by atoms with Crippen LogP contribution in [0, 0.1) is 5.92 Å². The van der Waals surface area contributed by atoms with E-state index in [1.807, 2.05) is 17.8 Å². The van der Waals surface area contributed by atoms with E-state index in [-0.39, 0.29) is 0 Å². The Kier molecular flexibility index (Phi) is 3.19. The van der Waals surface area contributed by atoms with Gasteiger partial charge < -0.3 is 10.6 Å². The summed E-state index contributed by atoms with van der Waals surface area (Å²) in [6, 6.07) is 6.33. The molecule has 1 aliphatic heterocycles. The maximum Gasteiger partial charge on any atom is 0.0687 e. The van der Waals surface area contributed by atoms with Gasteiger partial charge in [0.1, 0.15) is 0 Å². The topological polar surface area (TPSA) is 29.3 Å². The molecule has 0 aromatic heterocycles. The van der Waals surface area contributed by atoms with Crippen molar-refractivity contribution in [2.45, 2.75) is 37.0 Å². The predicted molar refractivity (Wildman–Crippen MR) is 75.5 cm³/mol. The zero-order valence-electron chi connectivity index (χ0n) is 10.2. The van der Waals surface area contributed by atoms with Crippen LogP contribution in [0.2, 0.25) is 0 Å². The number of anilines is 2. The summed E-state index contributed by atoms with van der Waals surface area (Å²) >= 11 is 1.92. The average molecular weight is 248 g/mol. The molecule has 1 aliphatic carbocycles. The van der Waals surface area contributed by atoms with Gasteiger partial charge in [0.15, 0.2) is 0 Å². The molecule has 2 aliphatic rings. The van der Waals surface area contributed by atoms with Crippen molar-refractivity contribution in [1.82, 2.24) is 0 Å². The van der Waals surface area contributed by atoms with Crippen LogP contribution in [0.1, 0.15) is 32.1 Å². The van der Waals surface area contributed by atoms with Crippen LogP contribution in [0.3, 0.4) is 0 Å². The van der Waals surface area contributed by atoms with Crippen molar-refractivity contribution in [3.63, 3.8) is 0 Å². The number of hydrogen-bond acceptors (Lipinski definition) is 3. The molecule has 3 heteroatoms. The van der Waals surface area contributed by atoms with E-state index in [9.17, 15) is 0 Å². The van der Waals surface area contributed by atoms with E-state index in [1.54, 1.807) is 0 Å². The van der Waals surface area contributed by atoms with Crippen LogP contribution in [0.15, 0.2) is 23.1 Å². The molecule has 17 heavy (non-hydrogen) atoms. The monoisotopic (exact) mass is 248 g/mol. The van der Waals surface area contributed by atoms with Gasteiger partial charge >= 0.3 is 0 Å². The van der Waals surface area contributed by atoms with Crippen molar-refractivity contribution >= 4 is 23.1 Å². The molecule has 0 bridgehead atoms. The zero-order chi connectivity index (χ0) is 11.7. The van der Waals surface area contributed by atoms with Crippen molar-refractivity contribution in [3.8, 4) is 0 Å². The van der Waals surface area contributed by atoms with Gasteiger partial charge in [-0.3, -0.25) is 0 Å². The molecule has 3 rings (SSSR count). The molecule has 2 N–H and O–H groups in total. The highest BCUT2D eigenvalue weighted by atomic mass is 32.2. The minimum atomic E-state index is 0.885. The fourth-order valence-electron chi connectivity index (χ4n) is 2.96. The molecule has 1 aromatic carbocycles. The summed E-state index contributed by atoms with van der Waals surface area (Å²) in [5.74, 6) is 2.02. The Balaban J connectivity index is 1.70. The lowest BCUT2D eigenvalue weighted by atomic mass is 9.89. The van der Waals surface area contributed by atoms with Crippen LogP contribution < -0.4 is 10.6 Å². The highest BCUT2D eigenvalue weighted by Gasteiger charge is 2.23. The fraction of sp³-hybridized carbons (Fsp3) is 0.571. The standard InChI is InChI=1S/C14H20N2S/c15-12-6-7-13-14(8-12)17-10-16(13)9-11-4-2-1-3-5-11/h6-8,11H,1-5,9-10,15H2. The Morgan fingerprint density at radius 2 is 2.06 bits per heavy atom. The number of thioether (sulfide) groups is 1. The maximum absolute atomic E-state index is 5.83. The largest absolute Gasteiger partial charge is 0.399 e. The van der Waals surface area contributed by atoms with Gasteiger partial charge in [-0.1, -0.05) is 19.3 Å². The molecule has 1 fully saturated rings. The summed E-state index contributed by atoms with van der Waals surface area (Å²) < 4.78 is 0. The lowest BCUT2D eigenvalue weighted by molar-refractivity contribution is 0.361. The third-order valence-electron chi connectivity index (χ3n) is 3.90. The molecular weight excluding hydrogens is 228 g/mol. The molecule has 1 saturated carbocycles. The number of nitrogen functional groups attached to an aromatic ring is 1. The van der Waals surface area contributed by atoms with E-state index in [0.29, 0.717) is 0 Å². The van der Waals surface area contributed by atoms with Crippen LogP contribution in [-0.2, 0) is 0 Å². The van der Waals surface area contributed by atoms with Crippen molar-refractivity contribution in [1.29, 1.82) is 0 Å². The molecule has 0 spiro atoms. The lowest BCUT2D eigenvalue weighted by Crippen LogP contribution is -2.28. The van der Waals surface area contributed by atoms with Gasteiger partial charge in [0.05, 0.1) is 11.6 Å². The second-order valence-electron chi connectivity index (χ2n) is 5.23. The summed E-state index contributed by atoms with van der Waals surface area (Å²) in [5, 5.41) is 0. The minimum absolute atomic E-state index is 0.885. The maximum atomic E-state index is 5.83.